The first-order chi connectivity index (χ1) is 6.63. The summed E-state index contributed by atoms with van der Waals surface area (Å²) >= 11 is 6.71. The fraction of sp³-hybridized carbons (Fsp3) is 0.700. The molecule has 0 aromatic carbocycles. The maximum absolute atomic E-state index is 11.2. The van der Waals surface area contributed by atoms with Crippen LogP contribution in [0.3, 0.4) is 0 Å². The van der Waals surface area contributed by atoms with Crippen molar-refractivity contribution in [2.24, 2.45) is 11.8 Å². The van der Waals surface area contributed by atoms with Crippen LogP contribution in [0.25, 0.3) is 0 Å². The van der Waals surface area contributed by atoms with Crippen molar-refractivity contribution in [3.05, 3.63) is 9.47 Å². The number of rotatable bonds is 2. The molecule has 0 radical (unpaired) electrons. The van der Waals surface area contributed by atoms with Crippen LogP contribution in [0.5, 0.6) is 0 Å². The molecule has 0 spiro atoms. The molecule has 0 atom stereocenters. The van der Waals surface area contributed by atoms with Crippen LogP contribution in [0, 0.1) is 11.8 Å². The number of methoxy groups -OCH3 is 1. The summed E-state index contributed by atoms with van der Waals surface area (Å²) in [6.07, 6.45) is 6.19. The lowest BCUT2D eigenvalue weighted by atomic mass is 9.82. The molecule has 0 aliphatic heterocycles. The van der Waals surface area contributed by atoms with Crippen molar-refractivity contribution in [3.8, 4) is 0 Å². The number of carbonyl (C=O) groups excluding carboxylic acids is 1. The van der Waals surface area contributed by atoms with Crippen molar-refractivity contribution in [1.82, 2.24) is 0 Å². The highest BCUT2D eigenvalue weighted by molar-refractivity contribution is 9.28. The second-order valence-corrected chi connectivity index (χ2v) is 6.36. The molecule has 0 aromatic rings. The van der Waals surface area contributed by atoms with Crippen molar-refractivity contribution < 1.29 is 9.53 Å². The van der Waals surface area contributed by atoms with Gasteiger partial charge in [0.1, 0.15) is 0 Å². The minimum Gasteiger partial charge on any atom is -0.469 e. The Kier molecular flexibility index (Phi) is 5.17. The van der Waals surface area contributed by atoms with Gasteiger partial charge in [0.15, 0.2) is 0 Å². The number of hydrogen-bond donors (Lipinski definition) is 0. The van der Waals surface area contributed by atoms with Crippen LogP contribution < -0.4 is 0 Å². The van der Waals surface area contributed by atoms with Gasteiger partial charge >= 0.3 is 5.97 Å². The molecule has 1 aliphatic carbocycles. The maximum atomic E-state index is 11.2. The molecule has 0 N–H and O–H groups in total. The molecule has 1 rings (SSSR count). The van der Waals surface area contributed by atoms with Gasteiger partial charge in [-0.1, -0.05) is 6.08 Å². The second kappa shape index (κ2) is 5.91. The van der Waals surface area contributed by atoms with Gasteiger partial charge in [0.25, 0.3) is 0 Å². The Hall–Kier alpha value is 0.170. The van der Waals surface area contributed by atoms with E-state index in [1.165, 1.54) is 7.11 Å². The van der Waals surface area contributed by atoms with E-state index < -0.39 is 0 Å². The summed E-state index contributed by atoms with van der Waals surface area (Å²) in [5, 5.41) is 0. The number of halogens is 2. The van der Waals surface area contributed by atoms with Crippen molar-refractivity contribution in [2.45, 2.75) is 25.7 Å². The molecule has 80 valence electrons. The molecule has 0 bridgehead atoms. The van der Waals surface area contributed by atoms with Crippen LogP contribution in [0.15, 0.2) is 9.47 Å². The number of carbonyl (C=O) groups is 1. The smallest absolute Gasteiger partial charge is 0.308 e. The standard InChI is InChI=1S/C10H14Br2O2/c1-14-10(13)8-4-2-7(3-5-8)6-9(11)12/h6-8H,2-5H2,1H3/t7-,8-. The summed E-state index contributed by atoms with van der Waals surface area (Å²) in [6, 6.07) is 0. The molecule has 0 amide bonds. The Bertz CT molecular complexity index is 226. The van der Waals surface area contributed by atoms with Crippen LogP contribution in [-0.2, 0) is 9.53 Å². The molecule has 0 unspecified atom stereocenters. The minimum atomic E-state index is -0.0506. The summed E-state index contributed by atoms with van der Waals surface area (Å²) in [4.78, 5) is 11.2. The van der Waals surface area contributed by atoms with Crippen LogP contribution in [0.4, 0.5) is 0 Å². The molecular weight excluding hydrogens is 312 g/mol. The molecule has 1 saturated carbocycles. The van der Waals surface area contributed by atoms with Crippen LogP contribution in [0.2, 0.25) is 0 Å². The Morgan fingerprint density at radius 2 is 1.86 bits per heavy atom. The normalized spacial score (nSPS) is 26.8. The first kappa shape index (κ1) is 12.2. The number of ether oxygens (including phenoxy) is 1. The molecule has 4 heteroatoms. The van der Waals surface area contributed by atoms with E-state index in [9.17, 15) is 4.79 Å². The van der Waals surface area contributed by atoms with Crippen LogP contribution >= 0.6 is 31.9 Å². The number of hydrogen-bond acceptors (Lipinski definition) is 2. The highest BCUT2D eigenvalue weighted by Crippen LogP contribution is 2.32. The van der Waals surface area contributed by atoms with Gasteiger partial charge < -0.3 is 4.74 Å². The van der Waals surface area contributed by atoms with Crippen LogP contribution in [-0.4, -0.2) is 13.1 Å². The van der Waals surface area contributed by atoms with E-state index in [1.807, 2.05) is 0 Å². The zero-order valence-corrected chi connectivity index (χ0v) is 11.3. The predicted octanol–water partition coefficient (Wildman–Crippen LogP) is 3.60. The fourth-order valence-electron chi connectivity index (χ4n) is 1.87. The fourth-order valence-corrected chi connectivity index (χ4v) is 2.61. The van der Waals surface area contributed by atoms with E-state index in [2.05, 4.69) is 37.9 Å². The SMILES string of the molecule is COC(=O)[C@H]1CC[C@H](C=C(Br)Br)CC1. The lowest BCUT2D eigenvalue weighted by Gasteiger charge is -2.24. The lowest BCUT2D eigenvalue weighted by molar-refractivity contribution is -0.146. The van der Waals surface area contributed by atoms with Gasteiger partial charge in [-0.3, -0.25) is 4.79 Å². The third kappa shape index (κ3) is 3.73. The molecule has 2 nitrogen and oxygen atoms in total. The van der Waals surface area contributed by atoms with E-state index in [0.29, 0.717) is 5.92 Å². The van der Waals surface area contributed by atoms with Crippen molar-refractivity contribution in [1.29, 1.82) is 0 Å². The van der Waals surface area contributed by atoms with Gasteiger partial charge in [-0.05, 0) is 63.5 Å². The van der Waals surface area contributed by atoms with Gasteiger partial charge in [-0.15, -0.1) is 0 Å². The molecule has 1 fully saturated rings. The van der Waals surface area contributed by atoms with Crippen LogP contribution in [0.1, 0.15) is 25.7 Å². The Morgan fingerprint density at radius 1 is 1.29 bits per heavy atom. The molecule has 14 heavy (non-hydrogen) atoms. The average Bonchev–Trinajstić information content (AvgIpc) is 2.17. The molecule has 0 aromatic heterocycles. The van der Waals surface area contributed by atoms with Gasteiger partial charge in [-0.25, -0.2) is 0 Å². The van der Waals surface area contributed by atoms with E-state index in [4.69, 9.17) is 4.74 Å². The highest BCUT2D eigenvalue weighted by atomic mass is 79.9. The summed E-state index contributed by atoms with van der Waals surface area (Å²) in [7, 11) is 1.46. The van der Waals surface area contributed by atoms with Gasteiger partial charge in [0.2, 0.25) is 0 Å². The second-order valence-electron chi connectivity index (χ2n) is 3.59. The maximum Gasteiger partial charge on any atom is 0.308 e. The van der Waals surface area contributed by atoms with E-state index in [0.717, 1.165) is 29.1 Å². The van der Waals surface area contributed by atoms with Crippen molar-refractivity contribution in [3.63, 3.8) is 0 Å². The Morgan fingerprint density at radius 3 is 2.29 bits per heavy atom. The summed E-state index contributed by atoms with van der Waals surface area (Å²) in [5.74, 6) is 0.661. The minimum absolute atomic E-state index is 0.0506. The van der Waals surface area contributed by atoms with Gasteiger partial charge in [0, 0.05) is 0 Å². The Labute approximate surface area is 101 Å². The zero-order chi connectivity index (χ0) is 10.6. The zero-order valence-electron chi connectivity index (χ0n) is 8.13. The summed E-state index contributed by atoms with van der Waals surface area (Å²) in [6.45, 7) is 0. The number of esters is 1. The highest BCUT2D eigenvalue weighted by Gasteiger charge is 2.25. The Balaban J connectivity index is 2.38. The van der Waals surface area contributed by atoms with E-state index >= 15 is 0 Å². The third-order valence-corrected chi connectivity index (χ3v) is 3.20. The first-order valence-corrected chi connectivity index (χ1v) is 6.32. The topological polar surface area (TPSA) is 26.3 Å². The van der Waals surface area contributed by atoms with Crippen molar-refractivity contribution >= 4 is 37.8 Å². The largest absolute Gasteiger partial charge is 0.469 e. The third-order valence-electron chi connectivity index (χ3n) is 2.67. The van der Waals surface area contributed by atoms with Gasteiger partial charge in [-0.2, -0.15) is 0 Å². The van der Waals surface area contributed by atoms with E-state index in [1.54, 1.807) is 0 Å². The quantitative estimate of drug-likeness (QED) is 0.725. The number of allylic oxidation sites excluding steroid dienone is 1. The molecular formula is C10H14Br2O2. The molecule has 0 saturated heterocycles. The lowest BCUT2D eigenvalue weighted by Crippen LogP contribution is -2.22. The molecule has 0 heterocycles. The predicted molar refractivity (Wildman–Crippen MR) is 63.4 cm³/mol. The first-order valence-electron chi connectivity index (χ1n) is 4.74. The summed E-state index contributed by atoms with van der Waals surface area (Å²) < 4.78 is 5.74. The average molecular weight is 326 g/mol. The van der Waals surface area contributed by atoms with Gasteiger partial charge in [0.05, 0.1) is 16.4 Å². The van der Waals surface area contributed by atoms with Crippen molar-refractivity contribution in [2.75, 3.05) is 7.11 Å². The van der Waals surface area contributed by atoms with E-state index in [-0.39, 0.29) is 11.9 Å². The monoisotopic (exact) mass is 324 g/mol. The molecule has 1 aliphatic rings. The summed E-state index contributed by atoms with van der Waals surface area (Å²) in [5.41, 5.74) is 0.